The summed E-state index contributed by atoms with van der Waals surface area (Å²) < 4.78 is 45.1. The zero-order valence-electron chi connectivity index (χ0n) is 10.2. The molecular weight excluding hydrogens is 249 g/mol. The van der Waals surface area contributed by atoms with Crippen molar-refractivity contribution in [2.45, 2.75) is 20.3 Å². The number of rotatable bonds is 4. The SMILES string of the molecule is COc1cc(F)c(F)c(CC(C)(C)C(=O)O)c1F. The Labute approximate surface area is 102 Å². The summed E-state index contributed by atoms with van der Waals surface area (Å²) in [6, 6.07) is 0.585. The van der Waals surface area contributed by atoms with Gasteiger partial charge in [0.25, 0.3) is 0 Å². The van der Waals surface area contributed by atoms with Crippen molar-refractivity contribution in [3.8, 4) is 5.75 Å². The number of carboxylic acid groups (broad SMARTS) is 1. The van der Waals surface area contributed by atoms with Crippen LogP contribution in [-0.2, 0) is 11.2 Å². The first-order chi connectivity index (χ1) is 8.20. The van der Waals surface area contributed by atoms with Crippen LogP contribution in [0, 0.1) is 22.9 Å². The van der Waals surface area contributed by atoms with E-state index in [0.29, 0.717) is 6.07 Å². The van der Waals surface area contributed by atoms with Crippen LogP contribution < -0.4 is 4.74 Å². The summed E-state index contributed by atoms with van der Waals surface area (Å²) in [7, 11) is 1.11. The van der Waals surface area contributed by atoms with Gasteiger partial charge in [0.2, 0.25) is 0 Å². The topological polar surface area (TPSA) is 46.5 Å². The molecule has 0 amide bonds. The van der Waals surface area contributed by atoms with Crippen molar-refractivity contribution >= 4 is 5.97 Å². The molecule has 3 nitrogen and oxygen atoms in total. The smallest absolute Gasteiger partial charge is 0.309 e. The predicted molar refractivity (Wildman–Crippen MR) is 58.0 cm³/mol. The first-order valence-electron chi connectivity index (χ1n) is 5.14. The predicted octanol–water partition coefficient (Wildman–Crippen LogP) is 2.77. The first kappa shape index (κ1) is 14.3. The highest BCUT2D eigenvalue weighted by atomic mass is 19.2. The van der Waals surface area contributed by atoms with E-state index < -0.39 is 46.6 Å². The third-order valence-electron chi connectivity index (χ3n) is 2.63. The van der Waals surface area contributed by atoms with Crippen LogP contribution in [-0.4, -0.2) is 18.2 Å². The van der Waals surface area contributed by atoms with Crippen molar-refractivity contribution in [2.75, 3.05) is 7.11 Å². The Morgan fingerprint density at radius 1 is 1.33 bits per heavy atom. The molecule has 1 aromatic rings. The lowest BCUT2D eigenvalue weighted by atomic mass is 9.85. The maximum atomic E-state index is 13.8. The molecule has 0 saturated heterocycles. The molecule has 0 aliphatic rings. The van der Waals surface area contributed by atoms with E-state index in [4.69, 9.17) is 5.11 Å². The maximum Gasteiger partial charge on any atom is 0.309 e. The number of carboxylic acids is 1. The normalized spacial score (nSPS) is 11.4. The number of hydrogen-bond donors (Lipinski definition) is 1. The molecule has 1 aromatic carbocycles. The van der Waals surface area contributed by atoms with E-state index >= 15 is 0 Å². The average molecular weight is 262 g/mol. The number of ether oxygens (including phenoxy) is 1. The second-order valence-corrected chi connectivity index (χ2v) is 4.53. The zero-order chi connectivity index (χ0) is 14.1. The van der Waals surface area contributed by atoms with Gasteiger partial charge in [-0.25, -0.2) is 13.2 Å². The van der Waals surface area contributed by atoms with E-state index in [-0.39, 0.29) is 0 Å². The number of benzene rings is 1. The van der Waals surface area contributed by atoms with Crippen molar-refractivity contribution in [1.82, 2.24) is 0 Å². The minimum Gasteiger partial charge on any atom is -0.494 e. The van der Waals surface area contributed by atoms with Gasteiger partial charge in [-0.2, -0.15) is 0 Å². The van der Waals surface area contributed by atoms with Crippen molar-refractivity contribution < 1.29 is 27.8 Å². The largest absolute Gasteiger partial charge is 0.494 e. The van der Waals surface area contributed by atoms with Crippen LogP contribution in [0.3, 0.4) is 0 Å². The quantitative estimate of drug-likeness (QED) is 0.849. The minimum absolute atomic E-state index is 0.454. The van der Waals surface area contributed by atoms with Crippen LogP contribution in [0.4, 0.5) is 13.2 Å². The highest BCUT2D eigenvalue weighted by Gasteiger charge is 2.32. The summed E-state index contributed by atoms with van der Waals surface area (Å²) in [5.41, 5.74) is -2.04. The molecule has 0 aliphatic carbocycles. The monoisotopic (exact) mass is 262 g/mol. The lowest BCUT2D eigenvalue weighted by molar-refractivity contribution is -0.146. The molecule has 18 heavy (non-hydrogen) atoms. The Hall–Kier alpha value is -1.72. The van der Waals surface area contributed by atoms with Gasteiger partial charge in [-0.1, -0.05) is 0 Å². The number of methoxy groups -OCH3 is 1. The number of hydrogen-bond acceptors (Lipinski definition) is 2. The van der Waals surface area contributed by atoms with Crippen LogP contribution in [0.15, 0.2) is 6.07 Å². The summed E-state index contributed by atoms with van der Waals surface area (Å²) in [5, 5.41) is 8.91. The molecule has 0 radical (unpaired) electrons. The number of carbonyl (C=O) groups is 1. The maximum absolute atomic E-state index is 13.8. The summed E-state index contributed by atoms with van der Waals surface area (Å²) in [5.74, 6) is -5.42. The molecule has 0 fully saturated rings. The summed E-state index contributed by atoms with van der Waals surface area (Å²) >= 11 is 0. The van der Waals surface area contributed by atoms with Crippen molar-refractivity contribution in [1.29, 1.82) is 0 Å². The molecule has 0 heterocycles. The van der Waals surface area contributed by atoms with Gasteiger partial charge in [-0.05, 0) is 20.3 Å². The lowest BCUT2D eigenvalue weighted by Crippen LogP contribution is -2.27. The van der Waals surface area contributed by atoms with E-state index in [1.165, 1.54) is 13.8 Å². The van der Waals surface area contributed by atoms with Crippen LogP contribution in [0.2, 0.25) is 0 Å². The average Bonchev–Trinajstić information content (AvgIpc) is 2.29. The van der Waals surface area contributed by atoms with Gasteiger partial charge in [-0.3, -0.25) is 4.79 Å². The lowest BCUT2D eigenvalue weighted by Gasteiger charge is -2.20. The second kappa shape index (κ2) is 4.88. The Bertz CT molecular complexity index is 484. The summed E-state index contributed by atoms with van der Waals surface area (Å²) in [4.78, 5) is 10.9. The Morgan fingerprint density at radius 3 is 2.33 bits per heavy atom. The second-order valence-electron chi connectivity index (χ2n) is 4.53. The summed E-state index contributed by atoms with van der Waals surface area (Å²) in [6.45, 7) is 2.59. The molecule has 0 atom stereocenters. The van der Waals surface area contributed by atoms with Crippen LogP contribution in [0.5, 0.6) is 5.75 Å². The van der Waals surface area contributed by atoms with Crippen LogP contribution in [0.1, 0.15) is 19.4 Å². The van der Waals surface area contributed by atoms with Crippen molar-refractivity contribution in [2.24, 2.45) is 5.41 Å². The van der Waals surface area contributed by atoms with Gasteiger partial charge in [-0.15, -0.1) is 0 Å². The number of aliphatic carboxylic acids is 1. The van der Waals surface area contributed by atoms with E-state index in [0.717, 1.165) is 7.11 Å². The van der Waals surface area contributed by atoms with Gasteiger partial charge in [0.15, 0.2) is 23.2 Å². The Balaban J connectivity index is 3.32. The highest BCUT2D eigenvalue weighted by Crippen LogP contribution is 2.31. The third-order valence-corrected chi connectivity index (χ3v) is 2.63. The van der Waals surface area contributed by atoms with Gasteiger partial charge < -0.3 is 9.84 Å². The Kier molecular flexibility index (Phi) is 3.88. The number of halogens is 3. The van der Waals surface area contributed by atoms with E-state index in [1.54, 1.807) is 0 Å². The molecule has 0 aromatic heterocycles. The highest BCUT2D eigenvalue weighted by molar-refractivity contribution is 5.74. The van der Waals surface area contributed by atoms with Gasteiger partial charge >= 0.3 is 5.97 Å². The van der Waals surface area contributed by atoms with Gasteiger partial charge in [0.1, 0.15) is 0 Å². The molecule has 0 saturated carbocycles. The third kappa shape index (κ3) is 2.57. The molecule has 1 N–H and O–H groups in total. The van der Waals surface area contributed by atoms with Crippen molar-refractivity contribution in [3.05, 3.63) is 29.1 Å². The van der Waals surface area contributed by atoms with Gasteiger partial charge in [0.05, 0.1) is 12.5 Å². The molecule has 0 spiro atoms. The van der Waals surface area contributed by atoms with E-state index in [1.807, 2.05) is 0 Å². The first-order valence-corrected chi connectivity index (χ1v) is 5.14. The molecule has 1 rings (SSSR count). The molecule has 6 heteroatoms. The zero-order valence-corrected chi connectivity index (χ0v) is 10.2. The van der Waals surface area contributed by atoms with E-state index in [2.05, 4.69) is 4.74 Å². The molecule has 0 bridgehead atoms. The molecular formula is C12H13F3O3. The fraction of sp³-hybridized carbons (Fsp3) is 0.417. The fourth-order valence-corrected chi connectivity index (χ4v) is 1.45. The van der Waals surface area contributed by atoms with Crippen molar-refractivity contribution in [3.63, 3.8) is 0 Å². The molecule has 0 aliphatic heterocycles. The van der Waals surface area contributed by atoms with E-state index in [9.17, 15) is 18.0 Å². The Morgan fingerprint density at radius 2 is 1.89 bits per heavy atom. The summed E-state index contributed by atoms with van der Waals surface area (Å²) in [6.07, 6.45) is -0.478. The van der Waals surface area contributed by atoms with Gasteiger partial charge in [0, 0.05) is 11.6 Å². The molecule has 0 unspecified atom stereocenters. The molecule has 100 valence electrons. The van der Waals surface area contributed by atoms with Crippen LogP contribution >= 0.6 is 0 Å². The minimum atomic E-state index is -1.42. The van der Waals surface area contributed by atoms with Crippen LogP contribution in [0.25, 0.3) is 0 Å². The fourth-order valence-electron chi connectivity index (χ4n) is 1.45. The standard InChI is InChI=1S/C12H13F3O3/c1-12(2,11(16)17)5-6-9(14)7(13)4-8(18-3)10(6)15/h4H,5H2,1-3H3,(H,16,17).